The summed E-state index contributed by atoms with van der Waals surface area (Å²) in [6, 6.07) is 12.8. The molecule has 3 nitrogen and oxygen atoms in total. The van der Waals surface area contributed by atoms with E-state index in [1.165, 1.54) is 11.9 Å². The SMILES string of the molecule is Cc1cc(SN)ccc1-c1ccccc1C(=O)O. The first kappa shape index (κ1) is 12.7. The molecule has 3 N–H and O–H groups in total. The third kappa shape index (κ3) is 2.39. The summed E-state index contributed by atoms with van der Waals surface area (Å²) in [5.41, 5.74) is 2.98. The minimum Gasteiger partial charge on any atom is -0.478 e. The fourth-order valence-corrected chi connectivity index (χ4v) is 2.31. The number of aryl methyl sites for hydroxylation is 1. The number of carboxylic acid groups (broad SMARTS) is 1. The first-order chi connectivity index (χ1) is 8.63. The van der Waals surface area contributed by atoms with Gasteiger partial charge >= 0.3 is 5.97 Å². The van der Waals surface area contributed by atoms with Crippen molar-refractivity contribution >= 4 is 17.9 Å². The maximum absolute atomic E-state index is 11.2. The quantitative estimate of drug-likeness (QED) is 0.830. The first-order valence-electron chi connectivity index (χ1n) is 5.43. The Bertz CT molecular complexity index is 596. The largest absolute Gasteiger partial charge is 0.478 e. The zero-order valence-corrected chi connectivity index (χ0v) is 10.7. The van der Waals surface area contributed by atoms with Crippen LogP contribution in [0.1, 0.15) is 15.9 Å². The van der Waals surface area contributed by atoms with Crippen LogP contribution in [0, 0.1) is 6.92 Å². The van der Waals surface area contributed by atoms with Crippen LogP contribution in [0.2, 0.25) is 0 Å². The summed E-state index contributed by atoms with van der Waals surface area (Å²) in [5, 5.41) is 14.7. The van der Waals surface area contributed by atoms with E-state index in [0.717, 1.165) is 21.6 Å². The van der Waals surface area contributed by atoms with Gasteiger partial charge in [-0.15, -0.1) is 0 Å². The summed E-state index contributed by atoms with van der Waals surface area (Å²) in [7, 11) is 0. The van der Waals surface area contributed by atoms with Crippen LogP contribution in [-0.4, -0.2) is 11.1 Å². The van der Waals surface area contributed by atoms with Crippen LogP contribution < -0.4 is 5.14 Å². The molecule has 2 rings (SSSR count). The van der Waals surface area contributed by atoms with Gasteiger partial charge in [0.05, 0.1) is 5.56 Å². The maximum Gasteiger partial charge on any atom is 0.336 e. The van der Waals surface area contributed by atoms with Gasteiger partial charge in [-0.1, -0.05) is 24.3 Å². The standard InChI is InChI=1S/C14H13NO2S/c1-9-8-10(18-15)6-7-11(9)12-4-2-3-5-13(12)14(16)17/h2-8H,15H2,1H3,(H,16,17). The maximum atomic E-state index is 11.2. The molecule has 0 unspecified atom stereocenters. The number of carbonyl (C=O) groups is 1. The first-order valence-corrected chi connectivity index (χ1v) is 6.31. The van der Waals surface area contributed by atoms with Crippen LogP contribution in [-0.2, 0) is 0 Å². The summed E-state index contributed by atoms with van der Waals surface area (Å²) in [6.07, 6.45) is 0. The predicted molar refractivity (Wildman–Crippen MR) is 73.6 cm³/mol. The van der Waals surface area contributed by atoms with E-state index in [1.54, 1.807) is 12.1 Å². The van der Waals surface area contributed by atoms with Crippen molar-refractivity contribution in [2.75, 3.05) is 0 Å². The number of nitrogens with two attached hydrogens (primary N) is 1. The van der Waals surface area contributed by atoms with E-state index in [1.807, 2.05) is 37.3 Å². The molecule has 0 bridgehead atoms. The average molecular weight is 259 g/mol. The van der Waals surface area contributed by atoms with Gasteiger partial charge in [0.15, 0.2) is 0 Å². The van der Waals surface area contributed by atoms with Gasteiger partial charge < -0.3 is 5.11 Å². The number of rotatable bonds is 3. The van der Waals surface area contributed by atoms with Crippen molar-refractivity contribution in [3.8, 4) is 11.1 Å². The van der Waals surface area contributed by atoms with Crippen molar-refractivity contribution < 1.29 is 9.90 Å². The fourth-order valence-electron chi connectivity index (χ4n) is 1.92. The number of hydrogen-bond acceptors (Lipinski definition) is 3. The molecule has 4 heteroatoms. The van der Waals surface area contributed by atoms with Gasteiger partial charge in [0, 0.05) is 4.90 Å². The number of hydrogen-bond donors (Lipinski definition) is 2. The summed E-state index contributed by atoms with van der Waals surface area (Å²) < 4.78 is 0. The molecular formula is C14H13NO2S. The van der Waals surface area contributed by atoms with E-state index in [4.69, 9.17) is 5.14 Å². The predicted octanol–water partition coefficient (Wildman–Crippen LogP) is 3.33. The summed E-state index contributed by atoms with van der Waals surface area (Å²) in [5.74, 6) is -0.915. The second-order valence-electron chi connectivity index (χ2n) is 3.95. The number of benzene rings is 2. The molecule has 0 saturated heterocycles. The molecular weight excluding hydrogens is 246 g/mol. The van der Waals surface area contributed by atoms with Crippen LogP contribution >= 0.6 is 11.9 Å². The molecule has 92 valence electrons. The number of aromatic carboxylic acids is 1. The van der Waals surface area contributed by atoms with E-state index in [9.17, 15) is 9.90 Å². The van der Waals surface area contributed by atoms with Crippen LogP contribution in [0.15, 0.2) is 47.4 Å². The Hall–Kier alpha value is -1.78. The lowest BCUT2D eigenvalue weighted by Gasteiger charge is -2.10. The smallest absolute Gasteiger partial charge is 0.336 e. The van der Waals surface area contributed by atoms with Crippen LogP contribution in [0.5, 0.6) is 0 Å². The molecule has 0 aliphatic rings. The van der Waals surface area contributed by atoms with Crippen molar-refractivity contribution in [2.45, 2.75) is 11.8 Å². The topological polar surface area (TPSA) is 63.3 Å². The number of carboxylic acids is 1. The fraction of sp³-hybridized carbons (Fsp3) is 0.0714. The lowest BCUT2D eigenvalue weighted by molar-refractivity contribution is 0.0698. The Morgan fingerprint density at radius 2 is 1.89 bits per heavy atom. The van der Waals surface area contributed by atoms with Crippen LogP contribution in [0.25, 0.3) is 11.1 Å². The van der Waals surface area contributed by atoms with Gasteiger partial charge in [-0.2, -0.15) is 0 Å². The molecule has 0 aliphatic carbocycles. The van der Waals surface area contributed by atoms with Gasteiger partial charge in [-0.3, -0.25) is 5.14 Å². The van der Waals surface area contributed by atoms with Gasteiger partial charge in [-0.05, 0) is 53.8 Å². The Morgan fingerprint density at radius 1 is 1.17 bits per heavy atom. The van der Waals surface area contributed by atoms with E-state index in [-0.39, 0.29) is 0 Å². The molecule has 0 amide bonds. The normalized spacial score (nSPS) is 10.3. The van der Waals surface area contributed by atoms with E-state index >= 15 is 0 Å². The highest BCUT2D eigenvalue weighted by Gasteiger charge is 2.12. The van der Waals surface area contributed by atoms with Gasteiger partial charge in [0.2, 0.25) is 0 Å². The average Bonchev–Trinajstić information content (AvgIpc) is 2.38. The van der Waals surface area contributed by atoms with Crippen molar-refractivity contribution in [1.29, 1.82) is 0 Å². The van der Waals surface area contributed by atoms with Crippen molar-refractivity contribution in [2.24, 2.45) is 5.14 Å². The Morgan fingerprint density at radius 3 is 2.50 bits per heavy atom. The van der Waals surface area contributed by atoms with Crippen molar-refractivity contribution in [1.82, 2.24) is 0 Å². The third-order valence-corrected chi connectivity index (χ3v) is 3.31. The molecule has 0 spiro atoms. The summed E-state index contributed by atoms with van der Waals surface area (Å²) >= 11 is 1.18. The van der Waals surface area contributed by atoms with E-state index in [2.05, 4.69) is 0 Å². The van der Waals surface area contributed by atoms with Gasteiger partial charge in [0.1, 0.15) is 0 Å². The molecule has 0 heterocycles. The minimum atomic E-state index is -0.915. The molecule has 0 radical (unpaired) electrons. The molecule has 2 aromatic rings. The summed E-state index contributed by atoms with van der Waals surface area (Å²) in [6.45, 7) is 1.95. The zero-order valence-electron chi connectivity index (χ0n) is 9.88. The van der Waals surface area contributed by atoms with E-state index < -0.39 is 5.97 Å². The lowest BCUT2D eigenvalue weighted by atomic mass is 9.96. The molecule has 0 aromatic heterocycles. The highest BCUT2D eigenvalue weighted by Crippen LogP contribution is 2.29. The Labute approximate surface area is 110 Å². The van der Waals surface area contributed by atoms with Gasteiger partial charge in [-0.25, -0.2) is 4.79 Å². The zero-order chi connectivity index (χ0) is 13.1. The van der Waals surface area contributed by atoms with Crippen molar-refractivity contribution in [3.05, 3.63) is 53.6 Å². The highest BCUT2D eigenvalue weighted by atomic mass is 32.2. The molecule has 2 aromatic carbocycles. The summed E-state index contributed by atoms with van der Waals surface area (Å²) in [4.78, 5) is 12.2. The monoisotopic (exact) mass is 259 g/mol. The molecule has 0 aliphatic heterocycles. The van der Waals surface area contributed by atoms with Crippen molar-refractivity contribution in [3.63, 3.8) is 0 Å². The molecule has 0 atom stereocenters. The van der Waals surface area contributed by atoms with Crippen LogP contribution in [0.4, 0.5) is 0 Å². The minimum absolute atomic E-state index is 0.314. The second kappa shape index (κ2) is 5.25. The Kier molecular flexibility index (Phi) is 3.69. The second-order valence-corrected chi connectivity index (χ2v) is 4.65. The molecule has 18 heavy (non-hydrogen) atoms. The molecule has 0 fully saturated rings. The van der Waals surface area contributed by atoms with Gasteiger partial charge in [0.25, 0.3) is 0 Å². The third-order valence-electron chi connectivity index (χ3n) is 2.78. The van der Waals surface area contributed by atoms with Crippen LogP contribution in [0.3, 0.4) is 0 Å². The Balaban J connectivity index is 2.59. The lowest BCUT2D eigenvalue weighted by Crippen LogP contribution is -2.00. The molecule has 0 saturated carbocycles. The van der Waals surface area contributed by atoms with E-state index in [0.29, 0.717) is 5.56 Å². The highest BCUT2D eigenvalue weighted by molar-refractivity contribution is 7.97.